The van der Waals surface area contributed by atoms with Gasteiger partial charge in [0.05, 0.1) is 0 Å². The van der Waals surface area contributed by atoms with E-state index >= 15 is 0 Å². The first-order valence-electron chi connectivity index (χ1n) is 6.40. The lowest BCUT2D eigenvalue weighted by Gasteiger charge is -2.30. The van der Waals surface area contributed by atoms with Gasteiger partial charge in [0, 0.05) is 5.92 Å². The molecule has 0 radical (unpaired) electrons. The van der Waals surface area contributed by atoms with Crippen molar-refractivity contribution in [1.29, 1.82) is 0 Å². The van der Waals surface area contributed by atoms with Gasteiger partial charge in [-0.1, -0.05) is 52.0 Å². The first-order valence-corrected chi connectivity index (χ1v) is 6.40. The van der Waals surface area contributed by atoms with E-state index < -0.39 is 0 Å². The molecule has 1 aliphatic heterocycles. The minimum Gasteiger partial charge on any atom is -0.486 e. The predicted molar refractivity (Wildman–Crippen MR) is 72.3 cm³/mol. The van der Waals surface area contributed by atoms with Crippen LogP contribution in [0.2, 0.25) is 0 Å². The van der Waals surface area contributed by atoms with Gasteiger partial charge >= 0.3 is 0 Å². The molecule has 0 fully saturated rings. The standard InChI is InChI=1S/C16H22O/c1-12-11-13-7-5-6-8-15(13)17-14(12)9-10-16(2,3)4/h5-10,12,14H,11H2,1-4H3/b10-9-. The zero-order chi connectivity index (χ0) is 12.5. The maximum atomic E-state index is 6.05. The largest absolute Gasteiger partial charge is 0.486 e. The quantitative estimate of drug-likeness (QED) is 0.656. The Morgan fingerprint density at radius 1 is 1.24 bits per heavy atom. The van der Waals surface area contributed by atoms with Crippen LogP contribution in [0, 0.1) is 11.3 Å². The molecule has 0 saturated carbocycles. The third kappa shape index (κ3) is 3.12. The molecule has 0 amide bonds. The molecule has 1 heterocycles. The lowest BCUT2D eigenvalue weighted by Crippen LogP contribution is -2.29. The number of fused-ring (bicyclic) bond motifs is 1. The Morgan fingerprint density at radius 2 is 1.94 bits per heavy atom. The van der Waals surface area contributed by atoms with Crippen molar-refractivity contribution in [1.82, 2.24) is 0 Å². The number of hydrogen-bond donors (Lipinski definition) is 0. The van der Waals surface area contributed by atoms with E-state index in [1.54, 1.807) is 0 Å². The van der Waals surface area contributed by atoms with E-state index in [0.29, 0.717) is 5.92 Å². The van der Waals surface area contributed by atoms with Gasteiger partial charge in [0.25, 0.3) is 0 Å². The molecule has 0 aliphatic carbocycles. The SMILES string of the molecule is CC1Cc2ccccc2OC1/C=C\C(C)(C)C. The van der Waals surface area contributed by atoms with Crippen LogP contribution in [0.1, 0.15) is 33.3 Å². The highest BCUT2D eigenvalue weighted by molar-refractivity contribution is 5.36. The Kier molecular flexibility index (Phi) is 3.28. The first kappa shape index (κ1) is 12.2. The fourth-order valence-corrected chi connectivity index (χ4v) is 2.13. The molecule has 0 N–H and O–H groups in total. The maximum Gasteiger partial charge on any atom is 0.123 e. The molecular formula is C16H22O. The minimum atomic E-state index is 0.212. The molecule has 1 heteroatoms. The molecular weight excluding hydrogens is 208 g/mol. The van der Waals surface area contributed by atoms with Gasteiger partial charge in [-0.25, -0.2) is 0 Å². The summed E-state index contributed by atoms with van der Waals surface area (Å²) in [5.74, 6) is 1.60. The molecule has 2 rings (SSSR count). The van der Waals surface area contributed by atoms with E-state index in [4.69, 9.17) is 4.74 Å². The molecule has 0 aromatic heterocycles. The highest BCUT2D eigenvalue weighted by atomic mass is 16.5. The Hall–Kier alpha value is -1.24. The van der Waals surface area contributed by atoms with Crippen LogP contribution < -0.4 is 4.74 Å². The second kappa shape index (κ2) is 4.56. The van der Waals surface area contributed by atoms with Gasteiger partial charge in [0.2, 0.25) is 0 Å². The number of benzene rings is 1. The van der Waals surface area contributed by atoms with Crippen molar-refractivity contribution in [3.8, 4) is 5.75 Å². The third-order valence-electron chi connectivity index (χ3n) is 3.12. The van der Waals surface area contributed by atoms with Crippen LogP contribution in [0.15, 0.2) is 36.4 Å². The molecule has 17 heavy (non-hydrogen) atoms. The monoisotopic (exact) mass is 230 g/mol. The number of rotatable bonds is 1. The van der Waals surface area contributed by atoms with E-state index in [9.17, 15) is 0 Å². The van der Waals surface area contributed by atoms with Gasteiger partial charge in [-0.3, -0.25) is 0 Å². The van der Waals surface area contributed by atoms with E-state index in [2.05, 4.69) is 58.0 Å². The van der Waals surface area contributed by atoms with E-state index in [1.165, 1.54) is 5.56 Å². The molecule has 0 bridgehead atoms. The van der Waals surface area contributed by atoms with Gasteiger partial charge < -0.3 is 4.74 Å². The van der Waals surface area contributed by atoms with Gasteiger partial charge in [-0.2, -0.15) is 0 Å². The lowest BCUT2D eigenvalue weighted by atomic mass is 9.89. The fourth-order valence-electron chi connectivity index (χ4n) is 2.13. The number of ether oxygens (including phenoxy) is 1. The molecule has 1 aromatic rings. The normalized spacial score (nSPS) is 24.5. The second-order valence-corrected chi connectivity index (χ2v) is 6.10. The van der Waals surface area contributed by atoms with Gasteiger partial charge in [0.15, 0.2) is 0 Å². The van der Waals surface area contributed by atoms with Crippen LogP contribution >= 0.6 is 0 Å². The summed E-state index contributed by atoms with van der Waals surface area (Å²) in [5.41, 5.74) is 1.56. The summed E-state index contributed by atoms with van der Waals surface area (Å²) in [6, 6.07) is 8.36. The molecule has 2 atom stereocenters. The minimum absolute atomic E-state index is 0.212. The molecule has 0 spiro atoms. The van der Waals surface area contributed by atoms with Crippen LogP contribution in [0.3, 0.4) is 0 Å². The van der Waals surface area contributed by atoms with Crippen molar-refractivity contribution < 1.29 is 4.74 Å². The average Bonchev–Trinajstić information content (AvgIpc) is 2.25. The van der Waals surface area contributed by atoms with Crippen molar-refractivity contribution >= 4 is 0 Å². The summed E-state index contributed by atoms with van der Waals surface area (Å²) >= 11 is 0. The first-order chi connectivity index (χ1) is 7.96. The van der Waals surface area contributed by atoms with Gasteiger partial charge in [0.1, 0.15) is 11.9 Å². The van der Waals surface area contributed by atoms with E-state index in [1.807, 2.05) is 6.07 Å². The van der Waals surface area contributed by atoms with Gasteiger partial charge in [-0.05, 0) is 29.5 Å². The topological polar surface area (TPSA) is 9.23 Å². The molecule has 1 nitrogen and oxygen atoms in total. The predicted octanol–water partition coefficient (Wildman–Crippen LogP) is 4.23. The number of allylic oxidation sites excluding steroid dienone is 1. The van der Waals surface area contributed by atoms with Crippen molar-refractivity contribution in [2.45, 2.75) is 40.2 Å². The number of hydrogen-bond acceptors (Lipinski definition) is 1. The Morgan fingerprint density at radius 3 is 2.65 bits per heavy atom. The van der Waals surface area contributed by atoms with E-state index in [-0.39, 0.29) is 11.5 Å². The zero-order valence-corrected chi connectivity index (χ0v) is 11.2. The summed E-state index contributed by atoms with van der Waals surface area (Å²) in [7, 11) is 0. The maximum absolute atomic E-state index is 6.05. The van der Waals surface area contributed by atoms with Crippen LogP contribution in [-0.4, -0.2) is 6.10 Å². The summed E-state index contributed by atoms with van der Waals surface area (Å²) < 4.78 is 6.05. The summed E-state index contributed by atoms with van der Waals surface area (Å²) in [4.78, 5) is 0. The molecule has 92 valence electrons. The van der Waals surface area contributed by atoms with Gasteiger partial charge in [-0.15, -0.1) is 0 Å². The molecule has 2 unspecified atom stereocenters. The van der Waals surface area contributed by atoms with E-state index in [0.717, 1.165) is 12.2 Å². The molecule has 0 saturated heterocycles. The highest BCUT2D eigenvalue weighted by Gasteiger charge is 2.24. The molecule has 1 aromatic carbocycles. The van der Waals surface area contributed by atoms with Crippen molar-refractivity contribution in [2.75, 3.05) is 0 Å². The highest BCUT2D eigenvalue weighted by Crippen LogP contribution is 2.31. The summed E-state index contributed by atoms with van der Waals surface area (Å²) in [6.45, 7) is 8.90. The Balaban J connectivity index is 2.15. The fraction of sp³-hybridized carbons (Fsp3) is 0.500. The van der Waals surface area contributed by atoms with Crippen molar-refractivity contribution in [3.63, 3.8) is 0 Å². The van der Waals surface area contributed by atoms with Crippen LogP contribution in [0.4, 0.5) is 0 Å². The Labute approximate surface area is 104 Å². The zero-order valence-electron chi connectivity index (χ0n) is 11.2. The lowest BCUT2D eigenvalue weighted by molar-refractivity contribution is 0.164. The summed E-state index contributed by atoms with van der Waals surface area (Å²) in [5, 5.41) is 0. The molecule has 1 aliphatic rings. The third-order valence-corrected chi connectivity index (χ3v) is 3.12. The smallest absolute Gasteiger partial charge is 0.123 e. The summed E-state index contributed by atoms with van der Waals surface area (Å²) in [6.07, 6.45) is 5.79. The second-order valence-electron chi connectivity index (χ2n) is 6.10. The van der Waals surface area contributed by atoms with Crippen LogP contribution in [-0.2, 0) is 6.42 Å². The Bertz CT molecular complexity index is 412. The average molecular weight is 230 g/mol. The van der Waals surface area contributed by atoms with Crippen molar-refractivity contribution in [3.05, 3.63) is 42.0 Å². The van der Waals surface area contributed by atoms with Crippen molar-refractivity contribution in [2.24, 2.45) is 11.3 Å². The number of para-hydroxylation sites is 1. The van der Waals surface area contributed by atoms with Crippen LogP contribution in [0.5, 0.6) is 5.75 Å². The van der Waals surface area contributed by atoms with Crippen LogP contribution in [0.25, 0.3) is 0 Å².